The molecule has 1 unspecified atom stereocenters. The summed E-state index contributed by atoms with van der Waals surface area (Å²) in [5.41, 5.74) is 4.61. The van der Waals surface area contributed by atoms with Crippen LogP contribution in [0.5, 0.6) is 0 Å². The lowest BCUT2D eigenvalue weighted by Gasteiger charge is -2.32. The van der Waals surface area contributed by atoms with Gasteiger partial charge in [0.25, 0.3) is 0 Å². The summed E-state index contributed by atoms with van der Waals surface area (Å²) >= 11 is 1.70. The molecule has 0 aliphatic carbocycles. The van der Waals surface area contributed by atoms with Crippen LogP contribution in [0.2, 0.25) is 0 Å². The van der Waals surface area contributed by atoms with E-state index in [1.807, 2.05) is 19.3 Å². The van der Waals surface area contributed by atoms with E-state index in [9.17, 15) is 0 Å². The molecule has 0 N–H and O–H groups in total. The Kier molecular flexibility index (Phi) is 3.87. The van der Waals surface area contributed by atoms with Crippen molar-refractivity contribution < 1.29 is 0 Å². The van der Waals surface area contributed by atoms with Gasteiger partial charge in [-0.15, -0.1) is 11.3 Å². The van der Waals surface area contributed by atoms with Gasteiger partial charge in [-0.3, -0.25) is 19.3 Å². The molecule has 1 atom stereocenters. The average Bonchev–Trinajstić information content (AvgIpc) is 3.11. The van der Waals surface area contributed by atoms with Crippen LogP contribution in [0.3, 0.4) is 0 Å². The van der Waals surface area contributed by atoms with Gasteiger partial charge in [0.1, 0.15) is 0 Å². The first-order chi connectivity index (χ1) is 11.2. The van der Waals surface area contributed by atoms with Gasteiger partial charge in [0, 0.05) is 43.0 Å². The molecule has 0 radical (unpaired) electrons. The second-order valence-corrected chi connectivity index (χ2v) is 7.23. The molecule has 120 valence electrons. The monoisotopic (exact) mass is 327 g/mol. The second kappa shape index (κ2) is 6.02. The number of hydrogen-bond acceptors (Lipinski definition) is 5. The third-order valence-electron chi connectivity index (χ3n) is 4.63. The zero-order chi connectivity index (χ0) is 15.8. The van der Waals surface area contributed by atoms with Crippen LogP contribution in [0.25, 0.3) is 4.96 Å². The Morgan fingerprint density at radius 3 is 3.04 bits per heavy atom. The van der Waals surface area contributed by atoms with E-state index in [0.717, 1.165) is 41.7 Å². The molecule has 6 heteroatoms. The molecule has 5 nitrogen and oxygen atoms in total. The number of imidazole rings is 1. The van der Waals surface area contributed by atoms with Crippen LogP contribution in [0.1, 0.15) is 41.5 Å². The van der Waals surface area contributed by atoms with Crippen molar-refractivity contribution in [1.29, 1.82) is 0 Å². The third kappa shape index (κ3) is 2.88. The summed E-state index contributed by atoms with van der Waals surface area (Å²) in [6.07, 6.45) is 8.30. The molecule has 1 aliphatic heterocycles. The van der Waals surface area contributed by atoms with Crippen molar-refractivity contribution in [3.05, 3.63) is 46.7 Å². The van der Waals surface area contributed by atoms with E-state index in [-0.39, 0.29) is 0 Å². The number of thiazole rings is 1. The first kappa shape index (κ1) is 14.8. The molecule has 4 heterocycles. The van der Waals surface area contributed by atoms with Gasteiger partial charge in [0.2, 0.25) is 0 Å². The van der Waals surface area contributed by atoms with Crippen molar-refractivity contribution in [2.75, 3.05) is 13.1 Å². The first-order valence-electron chi connectivity index (χ1n) is 8.12. The van der Waals surface area contributed by atoms with Crippen LogP contribution in [0.4, 0.5) is 0 Å². The molecule has 0 bridgehead atoms. The summed E-state index contributed by atoms with van der Waals surface area (Å²) in [4.78, 5) is 17.3. The van der Waals surface area contributed by atoms with Crippen LogP contribution in [0, 0.1) is 13.8 Å². The molecule has 1 fully saturated rings. The number of piperidine rings is 1. The lowest BCUT2D eigenvalue weighted by atomic mass is 9.95. The van der Waals surface area contributed by atoms with Gasteiger partial charge >= 0.3 is 0 Å². The highest BCUT2D eigenvalue weighted by Crippen LogP contribution is 2.27. The highest BCUT2D eigenvalue weighted by molar-refractivity contribution is 7.15. The number of rotatable bonds is 3. The van der Waals surface area contributed by atoms with Crippen LogP contribution in [0.15, 0.2) is 24.0 Å². The van der Waals surface area contributed by atoms with Crippen molar-refractivity contribution in [1.82, 2.24) is 24.3 Å². The number of fused-ring (bicyclic) bond motifs is 1. The zero-order valence-corrected chi connectivity index (χ0v) is 14.4. The predicted octanol–water partition coefficient (Wildman–Crippen LogP) is 3.18. The standard InChI is InChI=1S/C17H21N5S/c1-12-8-18-9-15(19-12)14-4-3-5-21(10-14)11-16-13(2)20-17-22(16)6-7-23-17/h6-9,14H,3-5,10-11H2,1-2H3. The fraction of sp³-hybridized carbons (Fsp3) is 0.471. The number of hydrogen-bond donors (Lipinski definition) is 0. The minimum atomic E-state index is 0.488. The summed E-state index contributed by atoms with van der Waals surface area (Å²) < 4.78 is 2.23. The number of likely N-dealkylation sites (tertiary alicyclic amines) is 1. The highest BCUT2D eigenvalue weighted by Gasteiger charge is 2.24. The summed E-state index contributed by atoms with van der Waals surface area (Å²) in [7, 11) is 0. The van der Waals surface area contributed by atoms with Crippen molar-refractivity contribution in [2.45, 2.75) is 39.2 Å². The zero-order valence-electron chi connectivity index (χ0n) is 13.6. The van der Waals surface area contributed by atoms with Gasteiger partial charge in [0.05, 0.1) is 22.8 Å². The number of nitrogens with zero attached hydrogens (tertiary/aromatic N) is 5. The van der Waals surface area contributed by atoms with Crippen LogP contribution in [-0.2, 0) is 6.54 Å². The van der Waals surface area contributed by atoms with E-state index in [1.54, 1.807) is 11.3 Å². The van der Waals surface area contributed by atoms with Gasteiger partial charge in [-0.1, -0.05) is 0 Å². The Balaban J connectivity index is 1.53. The summed E-state index contributed by atoms with van der Waals surface area (Å²) in [6.45, 7) is 7.28. The van der Waals surface area contributed by atoms with E-state index >= 15 is 0 Å². The molecule has 23 heavy (non-hydrogen) atoms. The smallest absolute Gasteiger partial charge is 0.194 e. The largest absolute Gasteiger partial charge is 0.297 e. The maximum atomic E-state index is 4.68. The summed E-state index contributed by atoms with van der Waals surface area (Å²) in [5.74, 6) is 0.488. The van der Waals surface area contributed by atoms with Gasteiger partial charge in [-0.05, 0) is 33.2 Å². The van der Waals surface area contributed by atoms with Crippen LogP contribution >= 0.6 is 11.3 Å². The first-order valence-corrected chi connectivity index (χ1v) is 9.00. The lowest BCUT2D eigenvalue weighted by molar-refractivity contribution is 0.195. The van der Waals surface area contributed by atoms with E-state index in [2.05, 4.69) is 42.8 Å². The molecule has 4 rings (SSSR count). The van der Waals surface area contributed by atoms with Gasteiger partial charge in [-0.25, -0.2) is 4.98 Å². The third-order valence-corrected chi connectivity index (χ3v) is 5.39. The molecule has 3 aromatic heterocycles. The maximum absolute atomic E-state index is 4.68. The minimum absolute atomic E-state index is 0.488. The molecule has 0 aromatic carbocycles. The Morgan fingerprint density at radius 1 is 1.26 bits per heavy atom. The van der Waals surface area contributed by atoms with Crippen molar-refractivity contribution in [3.8, 4) is 0 Å². The molecule has 0 spiro atoms. The molecule has 1 aliphatic rings. The van der Waals surface area contributed by atoms with Crippen molar-refractivity contribution in [2.24, 2.45) is 0 Å². The Hall–Kier alpha value is -1.79. The molecule has 0 saturated carbocycles. The van der Waals surface area contributed by atoms with E-state index in [0.29, 0.717) is 5.92 Å². The SMILES string of the molecule is Cc1cncc(C2CCCN(Cc3c(C)nc4sccn34)C2)n1. The fourth-order valence-electron chi connectivity index (χ4n) is 3.46. The molecule has 1 saturated heterocycles. The lowest BCUT2D eigenvalue weighted by Crippen LogP contribution is -2.34. The molecular weight excluding hydrogens is 306 g/mol. The number of aryl methyl sites for hydroxylation is 2. The Bertz CT molecular complexity index is 821. The van der Waals surface area contributed by atoms with Crippen molar-refractivity contribution >= 4 is 16.3 Å². The van der Waals surface area contributed by atoms with Crippen LogP contribution in [-0.4, -0.2) is 37.3 Å². The van der Waals surface area contributed by atoms with Gasteiger partial charge in [-0.2, -0.15) is 0 Å². The van der Waals surface area contributed by atoms with Crippen molar-refractivity contribution in [3.63, 3.8) is 0 Å². The topological polar surface area (TPSA) is 46.3 Å². The number of aromatic nitrogens is 4. The Morgan fingerprint density at radius 2 is 2.17 bits per heavy atom. The predicted molar refractivity (Wildman–Crippen MR) is 91.8 cm³/mol. The fourth-order valence-corrected chi connectivity index (χ4v) is 4.24. The minimum Gasteiger partial charge on any atom is -0.297 e. The Labute approximate surface area is 140 Å². The summed E-state index contributed by atoms with van der Waals surface area (Å²) in [6, 6.07) is 0. The van der Waals surface area contributed by atoms with Gasteiger partial charge in [0.15, 0.2) is 4.96 Å². The quantitative estimate of drug-likeness (QED) is 0.741. The summed E-state index contributed by atoms with van der Waals surface area (Å²) in [5, 5.41) is 2.10. The van der Waals surface area contributed by atoms with E-state index < -0.39 is 0 Å². The van der Waals surface area contributed by atoms with Crippen LogP contribution < -0.4 is 0 Å². The van der Waals surface area contributed by atoms with E-state index in [1.165, 1.54) is 18.5 Å². The normalized spacial score (nSPS) is 19.5. The highest BCUT2D eigenvalue weighted by atomic mass is 32.1. The maximum Gasteiger partial charge on any atom is 0.194 e. The van der Waals surface area contributed by atoms with Gasteiger partial charge < -0.3 is 0 Å². The average molecular weight is 327 g/mol. The van der Waals surface area contributed by atoms with E-state index in [4.69, 9.17) is 0 Å². The second-order valence-electron chi connectivity index (χ2n) is 6.36. The molecule has 3 aromatic rings. The molecule has 0 amide bonds. The molecular formula is C17H21N5S.